The molecule has 0 atom stereocenters. The lowest BCUT2D eigenvalue weighted by Crippen LogP contribution is -2.44. The van der Waals surface area contributed by atoms with Crippen LogP contribution in [0.5, 0.6) is 0 Å². The molecule has 1 aromatic carbocycles. The Hall–Kier alpha value is -1.42. The van der Waals surface area contributed by atoms with Crippen molar-refractivity contribution in [3.05, 3.63) is 35.9 Å². The summed E-state index contributed by atoms with van der Waals surface area (Å²) in [7, 11) is 0. The molecule has 0 radical (unpaired) electrons. The molecule has 0 saturated carbocycles. The first-order valence-corrected chi connectivity index (χ1v) is 5.54. The Morgan fingerprint density at radius 1 is 1.25 bits per heavy atom. The van der Waals surface area contributed by atoms with Gasteiger partial charge in [0.25, 0.3) is 0 Å². The van der Waals surface area contributed by atoms with Crippen molar-refractivity contribution in [2.45, 2.75) is 26.3 Å². The maximum absolute atomic E-state index is 5.08. The second kappa shape index (κ2) is 5.61. The molecule has 0 aromatic heterocycles. The van der Waals surface area contributed by atoms with Crippen LogP contribution in [0, 0.1) is 0 Å². The SMILES string of the molecule is CC(C)(C)NC(=S)NN=Cc1ccccc1. The Kier molecular flexibility index (Phi) is 4.43. The summed E-state index contributed by atoms with van der Waals surface area (Å²) >= 11 is 5.08. The monoisotopic (exact) mass is 235 g/mol. The molecule has 0 aliphatic heterocycles. The van der Waals surface area contributed by atoms with E-state index < -0.39 is 0 Å². The van der Waals surface area contributed by atoms with Crippen LogP contribution in [-0.4, -0.2) is 16.9 Å². The van der Waals surface area contributed by atoms with Crippen molar-refractivity contribution in [1.82, 2.24) is 10.7 Å². The lowest BCUT2D eigenvalue weighted by molar-refractivity contribution is 0.508. The molecule has 3 nitrogen and oxygen atoms in total. The molecular formula is C12H17N3S. The summed E-state index contributed by atoms with van der Waals surface area (Å²) < 4.78 is 0. The van der Waals surface area contributed by atoms with E-state index in [1.165, 1.54) is 0 Å². The van der Waals surface area contributed by atoms with Crippen LogP contribution in [0.4, 0.5) is 0 Å². The first kappa shape index (κ1) is 12.6. The lowest BCUT2D eigenvalue weighted by Gasteiger charge is -2.21. The largest absolute Gasteiger partial charge is 0.357 e. The second-order valence-corrected chi connectivity index (χ2v) is 4.89. The smallest absolute Gasteiger partial charge is 0.187 e. The van der Waals surface area contributed by atoms with Crippen LogP contribution < -0.4 is 10.7 Å². The fraction of sp³-hybridized carbons (Fsp3) is 0.333. The number of nitrogens with one attached hydrogen (secondary N) is 2. The molecule has 0 aliphatic rings. The Morgan fingerprint density at radius 3 is 2.44 bits per heavy atom. The van der Waals surface area contributed by atoms with Gasteiger partial charge in [0.15, 0.2) is 5.11 Å². The maximum Gasteiger partial charge on any atom is 0.187 e. The highest BCUT2D eigenvalue weighted by Gasteiger charge is 2.09. The van der Waals surface area contributed by atoms with Crippen molar-refractivity contribution in [2.24, 2.45) is 5.10 Å². The Labute approximate surface area is 102 Å². The van der Waals surface area contributed by atoms with Crippen LogP contribution in [0.1, 0.15) is 26.3 Å². The molecule has 0 bridgehead atoms. The maximum atomic E-state index is 5.08. The highest BCUT2D eigenvalue weighted by atomic mass is 32.1. The van der Waals surface area contributed by atoms with Gasteiger partial charge in [-0.05, 0) is 38.6 Å². The molecule has 0 aliphatic carbocycles. The molecule has 0 unspecified atom stereocenters. The quantitative estimate of drug-likeness (QED) is 0.469. The normalized spacial score (nSPS) is 11.4. The van der Waals surface area contributed by atoms with Crippen molar-refractivity contribution in [2.75, 3.05) is 0 Å². The van der Waals surface area contributed by atoms with Crippen molar-refractivity contribution < 1.29 is 0 Å². The van der Waals surface area contributed by atoms with Gasteiger partial charge in [0, 0.05) is 5.54 Å². The van der Waals surface area contributed by atoms with Gasteiger partial charge in [0.2, 0.25) is 0 Å². The second-order valence-electron chi connectivity index (χ2n) is 4.48. The Morgan fingerprint density at radius 2 is 1.88 bits per heavy atom. The van der Waals surface area contributed by atoms with Crippen LogP contribution >= 0.6 is 12.2 Å². The average Bonchev–Trinajstić information content (AvgIpc) is 2.16. The number of benzene rings is 1. The molecule has 2 N–H and O–H groups in total. The third kappa shape index (κ3) is 5.46. The highest BCUT2D eigenvalue weighted by molar-refractivity contribution is 7.80. The number of nitrogens with zero attached hydrogens (tertiary/aromatic N) is 1. The van der Waals surface area contributed by atoms with Gasteiger partial charge in [0.1, 0.15) is 0 Å². The topological polar surface area (TPSA) is 36.4 Å². The van der Waals surface area contributed by atoms with E-state index in [0.717, 1.165) is 5.56 Å². The van der Waals surface area contributed by atoms with Gasteiger partial charge in [-0.3, -0.25) is 5.43 Å². The van der Waals surface area contributed by atoms with Crippen molar-refractivity contribution >= 4 is 23.5 Å². The molecule has 86 valence electrons. The number of hydrogen-bond donors (Lipinski definition) is 2. The summed E-state index contributed by atoms with van der Waals surface area (Å²) in [6, 6.07) is 9.85. The highest BCUT2D eigenvalue weighted by Crippen LogP contribution is 1.97. The third-order valence-corrected chi connectivity index (χ3v) is 1.86. The summed E-state index contributed by atoms with van der Waals surface area (Å²) in [5.41, 5.74) is 3.76. The van der Waals surface area contributed by atoms with Gasteiger partial charge in [-0.25, -0.2) is 0 Å². The van der Waals surface area contributed by atoms with E-state index in [1.54, 1.807) is 6.21 Å². The fourth-order valence-electron chi connectivity index (χ4n) is 1.07. The first-order chi connectivity index (χ1) is 7.47. The van der Waals surface area contributed by atoms with Gasteiger partial charge < -0.3 is 5.32 Å². The van der Waals surface area contributed by atoms with Crippen LogP contribution in [0.15, 0.2) is 35.4 Å². The standard InChI is InChI=1S/C12H17N3S/c1-12(2,3)14-11(16)15-13-9-10-7-5-4-6-8-10/h4-9H,1-3H3,(H2,14,15,16). The minimum Gasteiger partial charge on any atom is -0.357 e. The molecule has 16 heavy (non-hydrogen) atoms. The Balaban J connectivity index is 2.41. The third-order valence-electron chi connectivity index (χ3n) is 1.67. The van der Waals surface area contributed by atoms with Gasteiger partial charge in [-0.15, -0.1) is 0 Å². The van der Waals surface area contributed by atoms with E-state index in [4.69, 9.17) is 12.2 Å². The van der Waals surface area contributed by atoms with Gasteiger partial charge in [0.05, 0.1) is 6.21 Å². The predicted molar refractivity (Wildman–Crippen MR) is 72.7 cm³/mol. The van der Waals surface area contributed by atoms with Crippen LogP contribution in [0.3, 0.4) is 0 Å². The molecule has 0 amide bonds. The van der Waals surface area contributed by atoms with Crippen LogP contribution in [0.25, 0.3) is 0 Å². The minimum atomic E-state index is -0.0493. The van der Waals surface area contributed by atoms with E-state index in [-0.39, 0.29) is 5.54 Å². The summed E-state index contributed by atoms with van der Waals surface area (Å²) in [5, 5.41) is 7.69. The molecule has 1 aromatic rings. The van der Waals surface area contributed by atoms with E-state index in [2.05, 4.69) is 15.8 Å². The Bertz CT molecular complexity index is 366. The number of rotatable bonds is 2. The molecular weight excluding hydrogens is 218 g/mol. The summed E-state index contributed by atoms with van der Waals surface area (Å²) in [5.74, 6) is 0. The molecule has 0 spiro atoms. The van der Waals surface area contributed by atoms with E-state index in [1.807, 2.05) is 51.1 Å². The zero-order valence-electron chi connectivity index (χ0n) is 9.82. The van der Waals surface area contributed by atoms with Gasteiger partial charge >= 0.3 is 0 Å². The zero-order chi connectivity index (χ0) is 12.0. The fourth-order valence-corrected chi connectivity index (χ4v) is 1.43. The molecule has 4 heteroatoms. The molecule has 0 heterocycles. The summed E-state index contributed by atoms with van der Waals surface area (Å²) in [6.07, 6.45) is 1.73. The van der Waals surface area contributed by atoms with E-state index in [0.29, 0.717) is 5.11 Å². The van der Waals surface area contributed by atoms with Crippen molar-refractivity contribution in [3.8, 4) is 0 Å². The minimum absolute atomic E-state index is 0.0493. The summed E-state index contributed by atoms with van der Waals surface area (Å²) in [6.45, 7) is 6.13. The van der Waals surface area contributed by atoms with Gasteiger partial charge in [-0.2, -0.15) is 5.10 Å². The predicted octanol–water partition coefficient (Wildman–Crippen LogP) is 2.28. The number of hydrazone groups is 1. The van der Waals surface area contributed by atoms with Crippen LogP contribution in [0.2, 0.25) is 0 Å². The zero-order valence-corrected chi connectivity index (χ0v) is 10.6. The number of thiocarbonyl (C=S) groups is 1. The lowest BCUT2D eigenvalue weighted by atomic mass is 10.1. The first-order valence-electron chi connectivity index (χ1n) is 5.14. The van der Waals surface area contributed by atoms with E-state index >= 15 is 0 Å². The average molecular weight is 235 g/mol. The van der Waals surface area contributed by atoms with E-state index in [9.17, 15) is 0 Å². The summed E-state index contributed by atoms with van der Waals surface area (Å²) in [4.78, 5) is 0. The molecule has 0 saturated heterocycles. The van der Waals surface area contributed by atoms with Gasteiger partial charge in [-0.1, -0.05) is 30.3 Å². The van der Waals surface area contributed by atoms with Crippen molar-refractivity contribution in [3.63, 3.8) is 0 Å². The molecule has 1 rings (SSSR count). The number of hydrogen-bond acceptors (Lipinski definition) is 2. The van der Waals surface area contributed by atoms with Crippen LogP contribution in [-0.2, 0) is 0 Å². The van der Waals surface area contributed by atoms with Crippen molar-refractivity contribution in [1.29, 1.82) is 0 Å². The molecule has 0 fully saturated rings.